The van der Waals surface area contributed by atoms with E-state index in [1.165, 1.54) is 12.8 Å². The number of piperazine rings is 1. The fourth-order valence-corrected chi connectivity index (χ4v) is 2.99. The van der Waals surface area contributed by atoms with Crippen LogP contribution in [-0.4, -0.2) is 101 Å². The molecule has 162 valence electrons. The van der Waals surface area contributed by atoms with E-state index in [0.717, 1.165) is 91.2 Å². The second-order valence-corrected chi connectivity index (χ2v) is 7.89. The summed E-state index contributed by atoms with van der Waals surface area (Å²) in [5.74, 6) is 0.758. The summed E-state index contributed by atoms with van der Waals surface area (Å²) in [4.78, 5) is 5.03. The average molecular weight is 387 g/mol. The van der Waals surface area contributed by atoms with Crippen LogP contribution in [0.4, 0.5) is 0 Å². The molecule has 2 N–H and O–H groups in total. The minimum absolute atomic E-state index is 0.590. The highest BCUT2D eigenvalue weighted by atomic mass is 16.5. The van der Waals surface area contributed by atoms with Crippen LogP contribution < -0.4 is 10.6 Å². The fraction of sp³-hybridized carbons (Fsp3) is 1.00. The van der Waals surface area contributed by atoms with Gasteiger partial charge in [-0.25, -0.2) is 0 Å². The number of ether oxygens (including phenoxy) is 2. The van der Waals surface area contributed by atoms with Gasteiger partial charge in [0.05, 0.1) is 26.4 Å². The van der Waals surface area contributed by atoms with Crippen molar-refractivity contribution in [1.29, 1.82) is 0 Å². The molecule has 0 aromatic rings. The lowest BCUT2D eigenvalue weighted by atomic mass is 10.1. The third-order valence-electron chi connectivity index (χ3n) is 5.53. The van der Waals surface area contributed by atoms with Crippen LogP contribution in [0.3, 0.4) is 0 Å². The summed E-state index contributed by atoms with van der Waals surface area (Å²) in [6, 6.07) is 0.590. The van der Waals surface area contributed by atoms with E-state index in [0.29, 0.717) is 6.04 Å². The fourth-order valence-electron chi connectivity index (χ4n) is 2.99. The van der Waals surface area contributed by atoms with Crippen molar-refractivity contribution < 1.29 is 9.47 Å². The maximum absolute atomic E-state index is 5.76. The molecule has 0 aliphatic carbocycles. The van der Waals surface area contributed by atoms with E-state index in [2.05, 4.69) is 48.1 Å². The molecule has 27 heavy (non-hydrogen) atoms. The Morgan fingerprint density at radius 3 is 1.85 bits per heavy atom. The average Bonchev–Trinajstić information content (AvgIpc) is 2.70. The molecule has 1 heterocycles. The number of hydrogen-bond donors (Lipinski definition) is 2. The molecule has 1 aliphatic rings. The van der Waals surface area contributed by atoms with Crippen LogP contribution in [0.1, 0.15) is 40.5 Å². The van der Waals surface area contributed by atoms with Gasteiger partial charge in [-0.1, -0.05) is 27.2 Å². The summed E-state index contributed by atoms with van der Waals surface area (Å²) in [6.07, 6.45) is 2.41. The molecule has 1 rings (SSSR count). The van der Waals surface area contributed by atoms with E-state index >= 15 is 0 Å². The van der Waals surface area contributed by atoms with Gasteiger partial charge in [-0.15, -0.1) is 0 Å². The zero-order chi connectivity index (χ0) is 19.7. The SMILES string of the molecule is CCC(C)CNCCOCCN1CCN(CCOCCNC(C)CC)CC1. The van der Waals surface area contributed by atoms with Crippen LogP contribution in [0.25, 0.3) is 0 Å². The molecular formula is C21H46N4O2. The van der Waals surface area contributed by atoms with E-state index in [4.69, 9.17) is 9.47 Å². The zero-order valence-corrected chi connectivity index (χ0v) is 18.5. The lowest BCUT2D eigenvalue weighted by Crippen LogP contribution is -2.48. The molecule has 0 spiro atoms. The van der Waals surface area contributed by atoms with Crippen molar-refractivity contribution in [3.8, 4) is 0 Å². The summed E-state index contributed by atoms with van der Waals surface area (Å²) < 4.78 is 11.5. The van der Waals surface area contributed by atoms with E-state index in [9.17, 15) is 0 Å². The van der Waals surface area contributed by atoms with Crippen LogP contribution in [0, 0.1) is 5.92 Å². The normalized spacial score (nSPS) is 18.7. The van der Waals surface area contributed by atoms with Gasteiger partial charge in [0.25, 0.3) is 0 Å². The van der Waals surface area contributed by atoms with Gasteiger partial charge in [-0.05, 0) is 25.8 Å². The molecule has 6 nitrogen and oxygen atoms in total. The topological polar surface area (TPSA) is 49.0 Å². The van der Waals surface area contributed by atoms with E-state index in [1.54, 1.807) is 0 Å². The lowest BCUT2D eigenvalue weighted by Gasteiger charge is -2.34. The summed E-state index contributed by atoms with van der Waals surface area (Å²) in [5.41, 5.74) is 0. The Kier molecular flexibility index (Phi) is 15.3. The highest BCUT2D eigenvalue weighted by molar-refractivity contribution is 4.71. The van der Waals surface area contributed by atoms with Crippen molar-refractivity contribution in [3.63, 3.8) is 0 Å². The minimum Gasteiger partial charge on any atom is -0.379 e. The molecule has 0 aromatic heterocycles. The summed E-state index contributed by atoms with van der Waals surface area (Å²) in [6.45, 7) is 22.0. The highest BCUT2D eigenvalue weighted by Gasteiger charge is 2.16. The standard InChI is InChI=1S/C21H46N4O2/c1-5-20(3)19-22-7-15-26-17-13-24-9-11-25(12-10-24)14-18-27-16-8-23-21(4)6-2/h20-23H,5-19H2,1-4H3. The smallest absolute Gasteiger partial charge is 0.0594 e. The van der Waals surface area contributed by atoms with Gasteiger partial charge >= 0.3 is 0 Å². The molecule has 2 unspecified atom stereocenters. The van der Waals surface area contributed by atoms with Gasteiger partial charge in [0.15, 0.2) is 0 Å². The third kappa shape index (κ3) is 13.6. The van der Waals surface area contributed by atoms with Gasteiger partial charge in [-0.2, -0.15) is 0 Å². The van der Waals surface area contributed by atoms with Crippen molar-refractivity contribution >= 4 is 0 Å². The van der Waals surface area contributed by atoms with Crippen molar-refractivity contribution in [2.24, 2.45) is 5.92 Å². The first-order valence-electron chi connectivity index (χ1n) is 11.2. The second-order valence-electron chi connectivity index (χ2n) is 7.89. The van der Waals surface area contributed by atoms with Gasteiger partial charge in [0.2, 0.25) is 0 Å². The molecule has 1 aliphatic heterocycles. The number of nitrogens with one attached hydrogen (secondary N) is 2. The van der Waals surface area contributed by atoms with Crippen LogP contribution in [0.2, 0.25) is 0 Å². The molecule has 6 heteroatoms. The molecule has 1 saturated heterocycles. The van der Waals surface area contributed by atoms with E-state index in [-0.39, 0.29) is 0 Å². The Bertz CT molecular complexity index is 325. The van der Waals surface area contributed by atoms with Crippen molar-refractivity contribution in [2.45, 2.75) is 46.6 Å². The van der Waals surface area contributed by atoms with Crippen LogP contribution in [-0.2, 0) is 9.47 Å². The Labute approximate surface area is 168 Å². The lowest BCUT2D eigenvalue weighted by molar-refractivity contribution is 0.0575. The molecular weight excluding hydrogens is 340 g/mol. The molecule has 1 fully saturated rings. The maximum atomic E-state index is 5.76. The molecule has 0 aromatic carbocycles. The maximum Gasteiger partial charge on any atom is 0.0594 e. The van der Waals surface area contributed by atoms with Crippen LogP contribution in [0.15, 0.2) is 0 Å². The van der Waals surface area contributed by atoms with Gasteiger partial charge < -0.3 is 20.1 Å². The second kappa shape index (κ2) is 16.7. The predicted molar refractivity (Wildman–Crippen MR) is 115 cm³/mol. The Morgan fingerprint density at radius 1 is 0.778 bits per heavy atom. The van der Waals surface area contributed by atoms with Gasteiger partial charge in [0, 0.05) is 58.4 Å². The first-order chi connectivity index (χ1) is 13.2. The monoisotopic (exact) mass is 386 g/mol. The highest BCUT2D eigenvalue weighted by Crippen LogP contribution is 2.01. The number of hydrogen-bond acceptors (Lipinski definition) is 6. The Morgan fingerprint density at radius 2 is 1.33 bits per heavy atom. The summed E-state index contributed by atoms with van der Waals surface area (Å²) >= 11 is 0. The van der Waals surface area contributed by atoms with Crippen LogP contribution >= 0.6 is 0 Å². The number of nitrogens with zero attached hydrogens (tertiary/aromatic N) is 2. The molecule has 2 atom stereocenters. The quantitative estimate of drug-likeness (QED) is 0.371. The summed E-state index contributed by atoms with van der Waals surface area (Å²) in [7, 11) is 0. The molecule has 0 amide bonds. The van der Waals surface area contributed by atoms with E-state index < -0.39 is 0 Å². The Hall–Kier alpha value is -0.240. The largest absolute Gasteiger partial charge is 0.379 e. The summed E-state index contributed by atoms with van der Waals surface area (Å²) in [5, 5.41) is 6.92. The van der Waals surface area contributed by atoms with Crippen molar-refractivity contribution in [2.75, 3.05) is 85.3 Å². The first kappa shape index (κ1) is 24.8. The molecule has 0 saturated carbocycles. The Balaban J connectivity index is 1.87. The van der Waals surface area contributed by atoms with Crippen molar-refractivity contribution in [1.82, 2.24) is 20.4 Å². The van der Waals surface area contributed by atoms with Crippen LogP contribution in [0.5, 0.6) is 0 Å². The van der Waals surface area contributed by atoms with E-state index in [1.807, 2.05) is 0 Å². The zero-order valence-electron chi connectivity index (χ0n) is 18.5. The predicted octanol–water partition coefficient (Wildman–Crippen LogP) is 1.66. The van der Waals surface area contributed by atoms with Gasteiger partial charge in [-0.3, -0.25) is 9.80 Å². The first-order valence-corrected chi connectivity index (χ1v) is 11.2. The van der Waals surface area contributed by atoms with Gasteiger partial charge in [0.1, 0.15) is 0 Å². The van der Waals surface area contributed by atoms with Crippen molar-refractivity contribution in [3.05, 3.63) is 0 Å². The number of rotatable bonds is 17. The molecule has 0 bridgehead atoms. The minimum atomic E-state index is 0.590. The molecule has 0 radical (unpaired) electrons. The third-order valence-corrected chi connectivity index (χ3v) is 5.53.